The second-order valence-electron chi connectivity index (χ2n) is 4.10. The Labute approximate surface area is 102 Å². The molecule has 1 aromatic carbocycles. The molecule has 0 fully saturated rings. The number of furan rings is 1. The molecular formula is C14H18N2O. The molecule has 1 heterocycles. The Balaban J connectivity index is 2.11. The van der Waals surface area contributed by atoms with E-state index in [9.17, 15) is 0 Å². The van der Waals surface area contributed by atoms with E-state index in [0.717, 1.165) is 18.6 Å². The van der Waals surface area contributed by atoms with Crippen molar-refractivity contribution in [2.75, 3.05) is 0 Å². The average molecular weight is 230 g/mol. The van der Waals surface area contributed by atoms with Crippen LogP contribution >= 0.6 is 0 Å². The molecule has 0 aliphatic carbocycles. The minimum absolute atomic E-state index is 0.0899. The first kappa shape index (κ1) is 11.9. The highest BCUT2D eigenvalue weighted by atomic mass is 16.3. The van der Waals surface area contributed by atoms with Gasteiger partial charge in [-0.1, -0.05) is 31.2 Å². The van der Waals surface area contributed by atoms with E-state index in [1.807, 2.05) is 12.1 Å². The maximum Gasteiger partial charge on any atom is 0.105 e. The van der Waals surface area contributed by atoms with Crippen LogP contribution in [0.3, 0.4) is 0 Å². The van der Waals surface area contributed by atoms with Crippen molar-refractivity contribution in [3.8, 4) is 0 Å². The van der Waals surface area contributed by atoms with E-state index < -0.39 is 0 Å². The van der Waals surface area contributed by atoms with Crippen molar-refractivity contribution in [1.82, 2.24) is 5.43 Å². The quantitative estimate of drug-likeness (QED) is 0.613. The lowest BCUT2D eigenvalue weighted by Crippen LogP contribution is -2.29. The van der Waals surface area contributed by atoms with E-state index >= 15 is 0 Å². The highest BCUT2D eigenvalue weighted by Crippen LogP contribution is 2.18. The van der Waals surface area contributed by atoms with Gasteiger partial charge in [0.2, 0.25) is 0 Å². The molecule has 0 radical (unpaired) electrons. The van der Waals surface area contributed by atoms with Crippen LogP contribution in [0.15, 0.2) is 47.1 Å². The second kappa shape index (κ2) is 5.66. The highest BCUT2D eigenvalue weighted by molar-refractivity contribution is 5.25. The second-order valence-corrected chi connectivity index (χ2v) is 4.10. The molecule has 90 valence electrons. The summed E-state index contributed by atoms with van der Waals surface area (Å²) in [5, 5.41) is 0. The number of hydrazine groups is 1. The topological polar surface area (TPSA) is 51.2 Å². The Hall–Kier alpha value is -1.58. The van der Waals surface area contributed by atoms with Crippen LogP contribution in [0.25, 0.3) is 0 Å². The largest absolute Gasteiger partial charge is 0.469 e. The summed E-state index contributed by atoms with van der Waals surface area (Å²) in [6.45, 7) is 2.15. The fourth-order valence-corrected chi connectivity index (χ4v) is 1.89. The molecule has 1 atom stereocenters. The third kappa shape index (κ3) is 2.96. The van der Waals surface area contributed by atoms with Crippen LogP contribution in [-0.2, 0) is 12.8 Å². The van der Waals surface area contributed by atoms with E-state index in [0.29, 0.717) is 0 Å². The molecular weight excluding hydrogens is 212 g/mol. The first-order chi connectivity index (χ1) is 8.33. The van der Waals surface area contributed by atoms with Crippen LogP contribution in [0.2, 0.25) is 0 Å². The van der Waals surface area contributed by atoms with Gasteiger partial charge in [-0.25, -0.2) is 0 Å². The number of benzene rings is 1. The Kier molecular flexibility index (Phi) is 3.96. The summed E-state index contributed by atoms with van der Waals surface area (Å²) in [4.78, 5) is 0. The number of hydrogen-bond acceptors (Lipinski definition) is 3. The summed E-state index contributed by atoms with van der Waals surface area (Å²) in [7, 11) is 0. The zero-order valence-corrected chi connectivity index (χ0v) is 10.0. The van der Waals surface area contributed by atoms with E-state index in [-0.39, 0.29) is 6.04 Å². The van der Waals surface area contributed by atoms with Crippen LogP contribution in [0.1, 0.15) is 29.9 Å². The molecule has 0 spiro atoms. The van der Waals surface area contributed by atoms with Crippen molar-refractivity contribution < 1.29 is 4.42 Å². The Morgan fingerprint density at radius 1 is 1.24 bits per heavy atom. The van der Waals surface area contributed by atoms with Gasteiger partial charge in [0.05, 0.1) is 12.3 Å². The molecule has 0 saturated heterocycles. The molecule has 3 heteroatoms. The maximum absolute atomic E-state index is 5.60. The fourth-order valence-electron chi connectivity index (χ4n) is 1.89. The molecule has 0 aliphatic rings. The van der Waals surface area contributed by atoms with Gasteiger partial charge in [-0.05, 0) is 29.7 Å². The van der Waals surface area contributed by atoms with Crippen LogP contribution in [0.4, 0.5) is 0 Å². The zero-order chi connectivity index (χ0) is 12.1. The third-order valence-corrected chi connectivity index (χ3v) is 2.98. The van der Waals surface area contributed by atoms with Crippen LogP contribution in [-0.4, -0.2) is 0 Å². The molecule has 3 N–H and O–H groups in total. The molecule has 2 rings (SSSR count). The lowest BCUT2D eigenvalue weighted by atomic mass is 10.0. The summed E-state index contributed by atoms with van der Waals surface area (Å²) in [5.74, 6) is 6.54. The van der Waals surface area contributed by atoms with Gasteiger partial charge in [0.15, 0.2) is 0 Å². The van der Waals surface area contributed by atoms with Crippen LogP contribution in [0, 0.1) is 0 Å². The molecule has 0 amide bonds. The van der Waals surface area contributed by atoms with E-state index in [1.165, 1.54) is 11.1 Å². The van der Waals surface area contributed by atoms with Gasteiger partial charge in [0.25, 0.3) is 0 Å². The minimum Gasteiger partial charge on any atom is -0.469 e. The molecule has 0 saturated carbocycles. The first-order valence-corrected chi connectivity index (χ1v) is 5.91. The minimum atomic E-state index is 0.0899. The predicted molar refractivity (Wildman–Crippen MR) is 68.3 cm³/mol. The fraction of sp³-hybridized carbons (Fsp3) is 0.286. The van der Waals surface area contributed by atoms with Gasteiger partial charge in [-0.3, -0.25) is 11.3 Å². The molecule has 1 unspecified atom stereocenters. The Bertz CT molecular complexity index is 434. The highest BCUT2D eigenvalue weighted by Gasteiger charge is 2.11. The average Bonchev–Trinajstić information content (AvgIpc) is 2.89. The zero-order valence-electron chi connectivity index (χ0n) is 10.0. The summed E-state index contributed by atoms with van der Waals surface area (Å²) in [6, 6.07) is 12.5. The summed E-state index contributed by atoms with van der Waals surface area (Å²) in [5.41, 5.74) is 5.35. The molecule has 0 bridgehead atoms. The maximum atomic E-state index is 5.60. The number of hydrogen-bond donors (Lipinski definition) is 2. The molecule has 1 aromatic heterocycles. The molecule has 2 aromatic rings. The molecule has 17 heavy (non-hydrogen) atoms. The third-order valence-electron chi connectivity index (χ3n) is 2.98. The van der Waals surface area contributed by atoms with Gasteiger partial charge in [-0.15, -0.1) is 0 Å². The summed E-state index contributed by atoms with van der Waals surface area (Å²) in [6.07, 6.45) is 3.50. The molecule has 3 nitrogen and oxygen atoms in total. The van der Waals surface area contributed by atoms with Crippen molar-refractivity contribution in [1.29, 1.82) is 0 Å². The van der Waals surface area contributed by atoms with E-state index in [1.54, 1.807) is 6.26 Å². The Morgan fingerprint density at radius 2 is 2.00 bits per heavy atom. The number of nitrogens with one attached hydrogen (secondary N) is 1. The van der Waals surface area contributed by atoms with Crippen molar-refractivity contribution in [2.45, 2.75) is 25.8 Å². The number of nitrogens with two attached hydrogens (primary N) is 1. The number of rotatable bonds is 5. The SMILES string of the molecule is CCc1ccc(C(Cc2ccco2)NN)cc1. The van der Waals surface area contributed by atoms with Crippen molar-refractivity contribution in [3.05, 3.63) is 59.5 Å². The standard InChI is InChI=1S/C14H18N2O/c1-2-11-5-7-12(8-6-11)14(16-15)10-13-4-3-9-17-13/h3-9,14,16H,2,10,15H2,1H3. The van der Waals surface area contributed by atoms with Gasteiger partial charge in [-0.2, -0.15) is 0 Å². The van der Waals surface area contributed by atoms with Gasteiger partial charge >= 0.3 is 0 Å². The lowest BCUT2D eigenvalue weighted by molar-refractivity contribution is 0.455. The summed E-state index contributed by atoms with van der Waals surface area (Å²) >= 11 is 0. The van der Waals surface area contributed by atoms with Crippen LogP contribution < -0.4 is 11.3 Å². The van der Waals surface area contributed by atoms with E-state index in [2.05, 4.69) is 36.6 Å². The van der Waals surface area contributed by atoms with Crippen molar-refractivity contribution in [3.63, 3.8) is 0 Å². The molecule has 0 aliphatic heterocycles. The van der Waals surface area contributed by atoms with E-state index in [4.69, 9.17) is 10.3 Å². The Morgan fingerprint density at radius 3 is 2.53 bits per heavy atom. The smallest absolute Gasteiger partial charge is 0.105 e. The first-order valence-electron chi connectivity index (χ1n) is 5.91. The van der Waals surface area contributed by atoms with Gasteiger partial charge in [0, 0.05) is 6.42 Å². The normalized spacial score (nSPS) is 12.6. The van der Waals surface area contributed by atoms with Gasteiger partial charge < -0.3 is 4.42 Å². The van der Waals surface area contributed by atoms with Crippen LogP contribution in [0.5, 0.6) is 0 Å². The van der Waals surface area contributed by atoms with Crippen molar-refractivity contribution >= 4 is 0 Å². The van der Waals surface area contributed by atoms with Gasteiger partial charge in [0.1, 0.15) is 5.76 Å². The van der Waals surface area contributed by atoms with Crippen molar-refractivity contribution in [2.24, 2.45) is 5.84 Å². The summed E-state index contributed by atoms with van der Waals surface area (Å²) < 4.78 is 5.34. The lowest BCUT2D eigenvalue weighted by Gasteiger charge is -2.15. The predicted octanol–water partition coefficient (Wildman–Crippen LogP) is 2.59. The monoisotopic (exact) mass is 230 g/mol. The number of aryl methyl sites for hydroxylation is 1.